The van der Waals surface area contributed by atoms with Crippen molar-refractivity contribution < 1.29 is 5.11 Å². The number of likely N-dealkylation sites (tertiary alicyclic amines) is 1. The monoisotopic (exact) mass is 295 g/mol. The molecule has 116 valence electrons. The van der Waals surface area contributed by atoms with Gasteiger partial charge in [0, 0.05) is 19.0 Å². The van der Waals surface area contributed by atoms with E-state index in [4.69, 9.17) is 0 Å². The molecule has 2 heteroatoms. The molecule has 1 N–H and O–H groups in total. The number of nitrogens with zero attached hydrogens (tertiary/aromatic N) is 1. The van der Waals surface area contributed by atoms with Crippen molar-refractivity contribution in [3.63, 3.8) is 0 Å². The van der Waals surface area contributed by atoms with Gasteiger partial charge >= 0.3 is 0 Å². The van der Waals surface area contributed by atoms with Gasteiger partial charge in [-0.25, -0.2) is 0 Å². The molecule has 1 saturated heterocycles. The second-order valence-electron chi connectivity index (χ2n) is 6.31. The molecule has 0 bridgehead atoms. The summed E-state index contributed by atoms with van der Waals surface area (Å²) in [6.45, 7) is 5.31. The molecule has 0 radical (unpaired) electrons. The average molecular weight is 295 g/mol. The lowest BCUT2D eigenvalue weighted by atomic mass is 9.72. The van der Waals surface area contributed by atoms with Gasteiger partial charge < -0.3 is 10.0 Å². The van der Waals surface area contributed by atoms with E-state index in [2.05, 4.69) is 11.8 Å². The number of rotatable bonds is 6. The second-order valence-corrected chi connectivity index (χ2v) is 6.31. The van der Waals surface area contributed by atoms with Crippen molar-refractivity contribution in [3.8, 4) is 0 Å². The van der Waals surface area contributed by atoms with E-state index in [1.165, 1.54) is 12.8 Å². The van der Waals surface area contributed by atoms with Crippen molar-refractivity contribution in [2.75, 3.05) is 19.6 Å². The molecule has 2 nitrogen and oxygen atoms in total. The summed E-state index contributed by atoms with van der Waals surface area (Å²) in [5.74, 6) is 0.258. The Bertz CT molecular complexity index is 536. The molecule has 1 fully saturated rings. The van der Waals surface area contributed by atoms with Crippen LogP contribution in [0.5, 0.6) is 0 Å². The van der Waals surface area contributed by atoms with Crippen LogP contribution in [0.2, 0.25) is 0 Å². The smallest absolute Gasteiger partial charge is 0.120 e. The molecule has 22 heavy (non-hydrogen) atoms. The summed E-state index contributed by atoms with van der Waals surface area (Å²) in [4.78, 5) is 2.45. The summed E-state index contributed by atoms with van der Waals surface area (Å²) in [5.41, 5.74) is 1.12. The van der Waals surface area contributed by atoms with Gasteiger partial charge in [-0.1, -0.05) is 74.0 Å². The van der Waals surface area contributed by atoms with Gasteiger partial charge in [-0.05, 0) is 24.1 Å². The van der Waals surface area contributed by atoms with Crippen molar-refractivity contribution in [1.29, 1.82) is 0 Å². The molecule has 0 saturated carbocycles. The maximum Gasteiger partial charge on any atom is 0.120 e. The highest BCUT2D eigenvalue weighted by atomic mass is 16.3. The Morgan fingerprint density at radius 2 is 1.45 bits per heavy atom. The fourth-order valence-corrected chi connectivity index (χ4v) is 3.42. The van der Waals surface area contributed by atoms with Crippen LogP contribution in [0.3, 0.4) is 0 Å². The summed E-state index contributed by atoms with van der Waals surface area (Å²) in [7, 11) is 0. The van der Waals surface area contributed by atoms with E-state index in [0.29, 0.717) is 0 Å². The van der Waals surface area contributed by atoms with Gasteiger partial charge in [-0.15, -0.1) is 0 Å². The highest BCUT2D eigenvalue weighted by Crippen LogP contribution is 2.41. The van der Waals surface area contributed by atoms with Crippen LogP contribution >= 0.6 is 0 Å². The largest absolute Gasteiger partial charge is 0.380 e. The number of hydrogen-bond donors (Lipinski definition) is 1. The van der Waals surface area contributed by atoms with E-state index in [1.54, 1.807) is 0 Å². The highest BCUT2D eigenvalue weighted by Gasteiger charge is 2.45. The van der Waals surface area contributed by atoms with Crippen LogP contribution in [0.15, 0.2) is 60.7 Å². The van der Waals surface area contributed by atoms with Crippen molar-refractivity contribution in [2.24, 2.45) is 5.92 Å². The fourth-order valence-electron chi connectivity index (χ4n) is 3.42. The zero-order valence-electron chi connectivity index (χ0n) is 13.3. The van der Waals surface area contributed by atoms with Crippen LogP contribution in [-0.2, 0) is 5.60 Å². The minimum Gasteiger partial charge on any atom is -0.380 e. The molecule has 2 aromatic rings. The van der Waals surface area contributed by atoms with Crippen LogP contribution in [-0.4, -0.2) is 29.6 Å². The van der Waals surface area contributed by atoms with E-state index in [-0.39, 0.29) is 5.92 Å². The number of aliphatic hydroxyl groups is 1. The standard InChI is InChI=1S/C20H25NO/c1-2-3-14-21-15-19(16-21)20(22,17-10-6-4-7-11-17)18-12-8-5-9-13-18/h4-13,19,22H,2-3,14-16H2,1H3. The summed E-state index contributed by atoms with van der Waals surface area (Å²) < 4.78 is 0. The second kappa shape index (κ2) is 6.64. The lowest BCUT2D eigenvalue weighted by molar-refractivity contribution is -0.0640. The van der Waals surface area contributed by atoms with Crippen molar-refractivity contribution >= 4 is 0 Å². The Morgan fingerprint density at radius 3 is 1.91 bits per heavy atom. The first-order valence-electron chi connectivity index (χ1n) is 8.31. The molecule has 2 aromatic carbocycles. The van der Waals surface area contributed by atoms with Crippen molar-refractivity contribution in [2.45, 2.75) is 25.4 Å². The first-order valence-corrected chi connectivity index (χ1v) is 8.31. The molecule has 0 amide bonds. The summed E-state index contributed by atoms with van der Waals surface area (Å²) in [6, 6.07) is 20.2. The Labute approximate surface area is 133 Å². The molecule has 0 unspecified atom stereocenters. The molecule has 3 rings (SSSR count). The van der Waals surface area contributed by atoms with E-state index < -0.39 is 5.60 Å². The Hall–Kier alpha value is -1.64. The predicted octanol–water partition coefficient (Wildman–Crippen LogP) is 3.65. The third kappa shape index (κ3) is 2.81. The lowest BCUT2D eigenvalue weighted by Crippen LogP contribution is -2.57. The third-order valence-corrected chi connectivity index (χ3v) is 4.80. The van der Waals surface area contributed by atoms with E-state index in [0.717, 1.165) is 30.8 Å². The molecular weight excluding hydrogens is 270 g/mol. The summed E-state index contributed by atoms with van der Waals surface area (Å²) >= 11 is 0. The zero-order valence-corrected chi connectivity index (χ0v) is 13.3. The van der Waals surface area contributed by atoms with Gasteiger partial charge in [-0.2, -0.15) is 0 Å². The number of hydrogen-bond acceptors (Lipinski definition) is 2. The fraction of sp³-hybridized carbons (Fsp3) is 0.400. The Morgan fingerprint density at radius 1 is 0.955 bits per heavy atom. The minimum atomic E-state index is -0.884. The van der Waals surface area contributed by atoms with Crippen LogP contribution in [0, 0.1) is 5.92 Å². The molecule has 1 aliphatic heterocycles. The number of benzene rings is 2. The molecular formula is C20H25NO. The third-order valence-electron chi connectivity index (χ3n) is 4.80. The highest BCUT2D eigenvalue weighted by molar-refractivity contribution is 5.37. The van der Waals surface area contributed by atoms with E-state index in [1.807, 2.05) is 60.7 Å². The Balaban J connectivity index is 1.86. The zero-order chi connectivity index (χ0) is 15.4. The van der Waals surface area contributed by atoms with Crippen molar-refractivity contribution in [1.82, 2.24) is 4.90 Å². The van der Waals surface area contributed by atoms with Gasteiger partial charge in [0.15, 0.2) is 0 Å². The van der Waals surface area contributed by atoms with Gasteiger partial charge in [0.25, 0.3) is 0 Å². The topological polar surface area (TPSA) is 23.5 Å². The summed E-state index contributed by atoms with van der Waals surface area (Å²) in [5, 5.41) is 11.6. The molecule has 0 aliphatic carbocycles. The molecule has 0 spiro atoms. The van der Waals surface area contributed by atoms with Crippen LogP contribution in [0.25, 0.3) is 0 Å². The average Bonchev–Trinajstić information content (AvgIpc) is 2.55. The quantitative estimate of drug-likeness (QED) is 0.879. The Kier molecular flexibility index (Phi) is 4.60. The van der Waals surface area contributed by atoms with Crippen LogP contribution in [0.1, 0.15) is 30.9 Å². The van der Waals surface area contributed by atoms with E-state index >= 15 is 0 Å². The predicted molar refractivity (Wildman–Crippen MR) is 90.7 cm³/mol. The summed E-state index contributed by atoms with van der Waals surface area (Å²) in [6.07, 6.45) is 2.46. The first-order chi connectivity index (χ1) is 10.7. The minimum absolute atomic E-state index is 0.258. The van der Waals surface area contributed by atoms with Crippen molar-refractivity contribution in [3.05, 3.63) is 71.8 Å². The molecule has 0 atom stereocenters. The molecule has 1 heterocycles. The van der Waals surface area contributed by atoms with Gasteiger partial charge in [0.1, 0.15) is 5.60 Å². The molecule has 1 aliphatic rings. The van der Waals surface area contributed by atoms with Crippen LogP contribution < -0.4 is 0 Å². The van der Waals surface area contributed by atoms with Crippen LogP contribution in [0.4, 0.5) is 0 Å². The number of unbranched alkanes of at least 4 members (excludes halogenated alkanes) is 1. The SMILES string of the molecule is CCCCN1CC(C(O)(c2ccccc2)c2ccccc2)C1. The van der Waals surface area contributed by atoms with Gasteiger partial charge in [-0.3, -0.25) is 0 Å². The van der Waals surface area contributed by atoms with Gasteiger partial charge in [0.2, 0.25) is 0 Å². The normalized spacial score (nSPS) is 16.5. The molecule has 0 aromatic heterocycles. The van der Waals surface area contributed by atoms with E-state index in [9.17, 15) is 5.11 Å². The van der Waals surface area contributed by atoms with Gasteiger partial charge in [0.05, 0.1) is 0 Å². The maximum absolute atomic E-state index is 11.6. The maximum atomic E-state index is 11.6. The first kappa shape index (κ1) is 15.3. The lowest BCUT2D eigenvalue weighted by Gasteiger charge is -2.48.